The predicted octanol–water partition coefficient (Wildman–Crippen LogP) is 4.18. The Morgan fingerprint density at radius 2 is 1.84 bits per heavy atom. The minimum absolute atomic E-state index is 0.457. The number of azo groups is 1. The van der Waals surface area contributed by atoms with Crippen LogP contribution < -0.4 is 4.74 Å². The topological polar surface area (TPSA) is 62.6 Å². The Kier molecular flexibility index (Phi) is 4.01. The van der Waals surface area contributed by atoms with Gasteiger partial charge in [0.2, 0.25) is 0 Å². The summed E-state index contributed by atoms with van der Waals surface area (Å²) in [5, 5.41) is 8.39. The van der Waals surface area contributed by atoms with Crippen molar-refractivity contribution in [2.75, 3.05) is 7.11 Å². The zero-order chi connectivity index (χ0) is 13.8. The molecule has 2 aromatic rings. The molecule has 0 spiro atoms. The van der Waals surface area contributed by atoms with Crippen LogP contribution in [0.2, 0.25) is 0 Å². The van der Waals surface area contributed by atoms with Gasteiger partial charge in [-0.05, 0) is 50.3 Å². The SMILES string of the molecule is COc1ccc(N=Nc2c(C)nc(=S)[nH]c2C)cc1. The number of hydrogen-bond acceptors (Lipinski definition) is 5. The highest BCUT2D eigenvalue weighted by molar-refractivity contribution is 7.71. The van der Waals surface area contributed by atoms with E-state index in [-0.39, 0.29) is 0 Å². The van der Waals surface area contributed by atoms with Gasteiger partial charge in [0.25, 0.3) is 0 Å². The molecule has 5 nitrogen and oxygen atoms in total. The van der Waals surface area contributed by atoms with Crippen molar-refractivity contribution in [1.29, 1.82) is 0 Å². The van der Waals surface area contributed by atoms with Crippen molar-refractivity contribution < 1.29 is 4.74 Å². The molecule has 0 atom stereocenters. The maximum Gasteiger partial charge on any atom is 0.197 e. The second-order valence-corrected chi connectivity index (χ2v) is 4.39. The first-order valence-corrected chi connectivity index (χ1v) is 6.14. The molecule has 1 N–H and O–H groups in total. The third-order valence-corrected chi connectivity index (χ3v) is 2.79. The number of aromatic nitrogens is 2. The Hall–Kier alpha value is -2.08. The molecule has 0 aliphatic rings. The van der Waals surface area contributed by atoms with Crippen LogP contribution in [0.15, 0.2) is 34.5 Å². The summed E-state index contributed by atoms with van der Waals surface area (Å²) in [7, 11) is 1.63. The molecule has 0 aliphatic heterocycles. The summed E-state index contributed by atoms with van der Waals surface area (Å²) >= 11 is 5.00. The van der Waals surface area contributed by atoms with Gasteiger partial charge in [0.05, 0.1) is 18.5 Å². The second kappa shape index (κ2) is 5.71. The third-order valence-electron chi connectivity index (χ3n) is 2.60. The number of methoxy groups -OCH3 is 1. The largest absolute Gasteiger partial charge is 0.497 e. The molecule has 0 amide bonds. The van der Waals surface area contributed by atoms with Gasteiger partial charge in [-0.1, -0.05) is 0 Å². The van der Waals surface area contributed by atoms with Crippen molar-refractivity contribution >= 4 is 23.6 Å². The van der Waals surface area contributed by atoms with Crippen molar-refractivity contribution in [3.63, 3.8) is 0 Å². The highest BCUT2D eigenvalue weighted by Gasteiger charge is 2.03. The fraction of sp³-hybridized carbons (Fsp3) is 0.231. The fourth-order valence-electron chi connectivity index (χ4n) is 1.63. The lowest BCUT2D eigenvalue weighted by Gasteiger charge is -2.02. The van der Waals surface area contributed by atoms with Crippen LogP contribution in [-0.4, -0.2) is 17.1 Å². The first kappa shape index (κ1) is 13.4. The number of H-pyrrole nitrogens is 1. The Balaban J connectivity index is 2.29. The Bertz CT molecular complexity index is 635. The normalized spacial score (nSPS) is 10.9. The molecular formula is C13H14N4OS. The lowest BCUT2D eigenvalue weighted by Crippen LogP contribution is -1.90. The molecule has 1 aromatic carbocycles. The highest BCUT2D eigenvalue weighted by Crippen LogP contribution is 2.24. The summed E-state index contributed by atoms with van der Waals surface area (Å²) in [5.74, 6) is 0.789. The van der Waals surface area contributed by atoms with E-state index < -0.39 is 0 Å². The van der Waals surface area contributed by atoms with Gasteiger partial charge in [0.1, 0.15) is 11.4 Å². The van der Waals surface area contributed by atoms with Crippen molar-refractivity contribution in [2.24, 2.45) is 10.2 Å². The smallest absolute Gasteiger partial charge is 0.197 e. The second-order valence-electron chi connectivity index (χ2n) is 4.00. The Morgan fingerprint density at radius 1 is 1.16 bits per heavy atom. The van der Waals surface area contributed by atoms with Gasteiger partial charge in [0, 0.05) is 5.69 Å². The van der Waals surface area contributed by atoms with E-state index in [0.29, 0.717) is 10.5 Å². The zero-order valence-electron chi connectivity index (χ0n) is 11.0. The molecule has 0 saturated heterocycles. The molecule has 1 aromatic heterocycles. The van der Waals surface area contributed by atoms with Crippen LogP contribution in [0, 0.1) is 18.6 Å². The number of benzene rings is 1. The number of aromatic amines is 1. The number of aryl methyl sites for hydroxylation is 2. The molecule has 0 saturated carbocycles. The van der Waals surface area contributed by atoms with E-state index in [4.69, 9.17) is 17.0 Å². The quantitative estimate of drug-likeness (QED) is 0.674. The van der Waals surface area contributed by atoms with Crippen LogP contribution in [-0.2, 0) is 0 Å². The van der Waals surface area contributed by atoms with Crippen molar-refractivity contribution in [3.8, 4) is 5.75 Å². The fourth-order valence-corrected chi connectivity index (χ4v) is 1.92. The summed E-state index contributed by atoms with van der Waals surface area (Å²) in [6.45, 7) is 3.76. The van der Waals surface area contributed by atoms with E-state index in [0.717, 1.165) is 22.8 Å². The van der Waals surface area contributed by atoms with Crippen molar-refractivity contribution in [3.05, 3.63) is 40.4 Å². The minimum Gasteiger partial charge on any atom is -0.497 e. The van der Waals surface area contributed by atoms with Crippen molar-refractivity contribution in [2.45, 2.75) is 13.8 Å². The summed E-state index contributed by atoms with van der Waals surface area (Å²) in [5.41, 5.74) is 3.08. The maximum absolute atomic E-state index is 5.08. The molecule has 0 aliphatic carbocycles. The van der Waals surface area contributed by atoms with E-state index in [2.05, 4.69) is 20.2 Å². The van der Waals surface area contributed by atoms with Gasteiger partial charge in [-0.3, -0.25) is 0 Å². The van der Waals surface area contributed by atoms with Crippen LogP contribution in [0.4, 0.5) is 11.4 Å². The first-order chi connectivity index (χ1) is 9.10. The van der Waals surface area contributed by atoms with Crippen LogP contribution in [0.5, 0.6) is 5.75 Å². The van der Waals surface area contributed by atoms with E-state index in [9.17, 15) is 0 Å². The van der Waals surface area contributed by atoms with Gasteiger partial charge in [-0.25, -0.2) is 4.98 Å². The van der Waals surface area contributed by atoms with Crippen LogP contribution in [0.3, 0.4) is 0 Å². The van der Waals surface area contributed by atoms with Gasteiger partial charge < -0.3 is 9.72 Å². The Morgan fingerprint density at radius 3 is 2.42 bits per heavy atom. The summed E-state index contributed by atoms with van der Waals surface area (Å²) < 4.78 is 5.54. The molecule has 0 fully saturated rings. The summed E-state index contributed by atoms with van der Waals surface area (Å²) in [4.78, 5) is 7.12. The van der Waals surface area contributed by atoms with E-state index in [1.54, 1.807) is 7.11 Å². The molecular weight excluding hydrogens is 260 g/mol. The average molecular weight is 274 g/mol. The van der Waals surface area contributed by atoms with Crippen LogP contribution >= 0.6 is 12.2 Å². The molecule has 6 heteroatoms. The Labute approximate surface area is 116 Å². The van der Waals surface area contributed by atoms with Gasteiger partial charge >= 0.3 is 0 Å². The number of hydrogen-bond donors (Lipinski definition) is 1. The molecule has 0 bridgehead atoms. The standard InChI is InChI=1S/C13H14N4OS/c1-8-12(9(2)15-13(19)14-8)17-16-10-4-6-11(18-3)7-5-10/h4-7H,1-3H3,(H,14,15,19). The third kappa shape index (κ3) is 3.23. The zero-order valence-corrected chi connectivity index (χ0v) is 11.8. The number of nitrogens with zero attached hydrogens (tertiary/aromatic N) is 3. The highest BCUT2D eigenvalue weighted by atomic mass is 32.1. The molecule has 2 rings (SSSR count). The van der Waals surface area contributed by atoms with Crippen LogP contribution in [0.1, 0.15) is 11.4 Å². The maximum atomic E-state index is 5.08. The number of rotatable bonds is 3. The molecule has 19 heavy (non-hydrogen) atoms. The average Bonchev–Trinajstić information content (AvgIpc) is 2.38. The van der Waals surface area contributed by atoms with E-state index in [1.165, 1.54) is 0 Å². The van der Waals surface area contributed by atoms with E-state index >= 15 is 0 Å². The minimum atomic E-state index is 0.457. The first-order valence-electron chi connectivity index (χ1n) is 5.73. The van der Waals surface area contributed by atoms with E-state index in [1.807, 2.05) is 38.1 Å². The van der Waals surface area contributed by atoms with Crippen molar-refractivity contribution in [1.82, 2.24) is 9.97 Å². The molecule has 0 radical (unpaired) electrons. The summed E-state index contributed by atoms with van der Waals surface area (Å²) in [6, 6.07) is 7.35. The van der Waals surface area contributed by atoms with Gasteiger partial charge in [-0.15, -0.1) is 5.11 Å². The monoisotopic (exact) mass is 274 g/mol. The van der Waals surface area contributed by atoms with Crippen LogP contribution in [0.25, 0.3) is 0 Å². The molecule has 0 unspecified atom stereocenters. The molecule has 98 valence electrons. The van der Waals surface area contributed by atoms with Gasteiger partial charge in [-0.2, -0.15) is 5.11 Å². The van der Waals surface area contributed by atoms with Gasteiger partial charge in [0.15, 0.2) is 4.77 Å². The predicted molar refractivity (Wildman–Crippen MR) is 76.1 cm³/mol. The number of ether oxygens (including phenoxy) is 1. The number of nitrogens with one attached hydrogen (secondary N) is 1. The lowest BCUT2D eigenvalue weighted by molar-refractivity contribution is 0.415. The lowest BCUT2D eigenvalue weighted by atomic mass is 10.3. The summed E-state index contributed by atoms with van der Waals surface area (Å²) in [6.07, 6.45) is 0. The molecule has 1 heterocycles.